The zero-order chi connectivity index (χ0) is 12.3. The number of allylic oxidation sites excluding steroid dienone is 1. The number of carbonyl (C=O) groups excluding carboxylic acids is 1. The molecule has 0 spiro atoms. The lowest BCUT2D eigenvalue weighted by Crippen LogP contribution is -1.94. The number of rotatable bonds is 8. The van der Waals surface area contributed by atoms with Crippen molar-refractivity contribution in [3.05, 3.63) is 42.5 Å². The topological polar surface area (TPSA) is 26.3 Å². The molecular formula is C15H20O2. The zero-order valence-electron chi connectivity index (χ0n) is 10.4. The smallest absolute Gasteiger partial charge is 0.132 e. The van der Waals surface area contributed by atoms with Crippen molar-refractivity contribution in [1.82, 2.24) is 0 Å². The fourth-order valence-electron chi connectivity index (χ4n) is 1.44. The van der Waals surface area contributed by atoms with Crippen LogP contribution in [0, 0.1) is 0 Å². The maximum Gasteiger partial charge on any atom is 0.132 e. The summed E-state index contributed by atoms with van der Waals surface area (Å²) in [5.74, 6) is 1.23. The number of carbonyl (C=O) groups is 1. The molecule has 92 valence electrons. The Hall–Kier alpha value is -1.57. The number of Topliss-reactive ketones (excluding diaryl/α,β-unsaturated/α-hetero) is 1. The van der Waals surface area contributed by atoms with Crippen molar-refractivity contribution < 1.29 is 9.53 Å². The Morgan fingerprint density at radius 2 is 2.00 bits per heavy atom. The van der Waals surface area contributed by atoms with Crippen LogP contribution in [0.2, 0.25) is 0 Å². The third-order valence-electron chi connectivity index (χ3n) is 2.48. The molecule has 0 aromatic heterocycles. The minimum absolute atomic E-state index is 0.346. The summed E-state index contributed by atoms with van der Waals surface area (Å²) in [5, 5.41) is 0. The van der Waals surface area contributed by atoms with E-state index in [2.05, 4.69) is 6.08 Å². The molecule has 0 saturated heterocycles. The lowest BCUT2D eigenvalue weighted by atomic mass is 10.1. The van der Waals surface area contributed by atoms with E-state index >= 15 is 0 Å². The van der Waals surface area contributed by atoms with Gasteiger partial charge in [-0.15, -0.1) is 0 Å². The number of unbranched alkanes of at least 4 members (excludes halogenated alkanes) is 1. The molecule has 1 aromatic carbocycles. The van der Waals surface area contributed by atoms with E-state index in [9.17, 15) is 4.79 Å². The zero-order valence-corrected chi connectivity index (χ0v) is 10.4. The van der Waals surface area contributed by atoms with Crippen LogP contribution in [-0.4, -0.2) is 12.4 Å². The molecule has 0 amide bonds. The fraction of sp³-hybridized carbons (Fsp3) is 0.400. The predicted molar refractivity (Wildman–Crippen MR) is 70.2 cm³/mol. The molecule has 0 saturated carbocycles. The Morgan fingerprint density at radius 1 is 1.24 bits per heavy atom. The van der Waals surface area contributed by atoms with Crippen molar-refractivity contribution in [3.8, 4) is 5.75 Å². The van der Waals surface area contributed by atoms with Crippen LogP contribution in [0.4, 0.5) is 0 Å². The molecule has 0 radical (unpaired) electrons. The summed E-state index contributed by atoms with van der Waals surface area (Å²) in [6.45, 7) is 2.50. The average molecular weight is 232 g/mol. The second-order valence-electron chi connectivity index (χ2n) is 3.88. The van der Waals surface area contributed by atoms with Gasteiger partial charge in [-0.1, -0.05) is 37.3 Å². The van der Waals surface area contributed by atoms with E-state index in [0.29, 0.717) is 25.2 Å². The maximum absolute atomic E-state index is 11.0. The molecule has 0 unspecified atom stereocenters. The number of ether oxygens (including phenoxy) is 1. The molecule has 0 aliphatic rings. The quantitative estimate of drug-likeness (QED) is 0.503. The largest absolute Gasteiger partial charge is 0.490 e. The van der Waals surface area contributed by atoms with Crippen molar-refractivity contribution in [2.75, 3.05) is 6.61 Å². The van der Waals surface area contributed by atoms with Gasteiger partial charge in [-0.2, -0.15) is 0 Å². The lowest BCUT2D eigenvalue weighted by Gasteiger charge is -2.01. The lowest BCUT2D eigenvalue weighted by molar-refractivity contribution is -0.118. The van der Waals surface area contributed by atoms with Crippen LogP contribution < -0.4 is 4.74 Å². The molecule has 0 fully saturated rings. The molecule has 1 aromatic rings. The minimum atomic E-state index is 0.346. The number of hydrogen-bond acceptors (Lipinski definition) is 2. The predicted octanol–water partition coefficient (Wildman–Crippen LogP) is 3.77. The Kier molecular flexibility index (Phi) is 6.80. The molecule has 0 N–H and O–H groups in total. The first-order valence-corrected chi connectivity index (χ1v) is 6.17. The molecule has 1 rings (SSSR count). The van der Waals surface area contributed by atoms with E-state index in [1.54, 1.807) is 0 Å². The Bertz CT molecular complexity index is 341. The highest BCUT2D eigenvalue weighted by atomic mass is 16.5. The van der Waals surface area contributed by atoms with Crippen molar-refractivity contribution >= 4 is 5.78 Å². The maximum atomic E-state index is 11.0. The summed E-state index contributed by atoms with van der Waals surface area (Å²) < 4.78 is 5.50. The molecule has 0 heterocycles. The summed E-state index contributed by atoms with van der Waals surface area (Å²) in [6, 6.07) is 9.75. The fourth-order valence-corrected chi connectivity index (χ4v) is 1.44. The highest BCUT2D eigenvalue weighted by Crippen LogP contribution is 2.08. The Labute approximate surface area is 103 Å². The summed E-state index contributed by atoms with van der Waals surface area (Å²) in [4.78, 5) is 11.0. The van der Waals surface area contributed by atoms with Gasteiger partial charge in [0.2, 0.25) is 0 Å². The van der Waals surface area contributed by atoms with E-state index in [-0.39, 0.29) is 0 Å². The molecule has 0 bridgehead atoms. The summed E-state index contributed by atoms with van der Waals surface area (Å²) >= 11 is 0. The highest BCUT2D eigenvalue weighted by Gasteiger charge is 1.95. The average Bonchev–Trinajstić information content (AvgIpc) is 2.38. The van der Waals surface area contributed by atoms with Crippen molar-refractivity contribution in [3.63, 3.8) is 0 Å². The number of benzene rings is 1. The first-order chi connectivity index (χ1) is 8.33. The standard InChI is InChI=1S/C15H20O2/c1-2-14(16)10-6-3-4-9-13-17-15-11-7-5-8-12-15/h4-5,7-9,11-12H,2-3,6,10,13H2,1H3. The first-order valence-electron chi connectivity index (χ1n) is 6.17. The van der Waals surface area contributed by atoms with Gasteiger partial charge in [0.15, 0.2) is 0 Å². The summed E-state index contributed by atoms with van der Waals surface area (Å²) in [7, 11) is 0. The second kappa shape index (κ2) is 8.57. The molecule has 0 atom stereocenters. The van der Waals surface area contributed by atoms with E-state index in [1.165, 1.54) is 0 Å². The van der Waals surface area contributed by atoms with Crippen LogP contribution in [0.3, 0.4) is 0 Å². The highest BCUT2D eigenvalue weighted by molar-refractivity contribution is 5.77. The van der Waals surface area contributed by atoms with E-state index in [4.69, 9.17) is 4.74 Å². The molecule has 0 aliphatic heterocycles. The van der Waals surface area contributed by atoms with Gasteiger partial charge >= 0.3 is 0 Å². The molecule has 2 heteroatoms. The van der Waals surface area contributed by atoms with Gasteiger partial charge in [-0.25, -0.2) is 0 Å². The van der Waals surface area contributed by atoms with Crippen LogP contribution in [0.15, 0.2) is 42.5 Å². The Morgan fingerprint density at radius 3 is 2.71 bits per heavy atom. The van der Waals surface area contributed by atoms with Gasteiger partial charge in [-0.3, -0.25) is 4.79 Å². The normalized spacial score (nSPS) is 10.6. The van der Waals surface area contributed by atoms with Crippen LogP contribution in [0.5, 0.6) is 5.75 Å². The Balaban J connectivity index is 2.05. The van der Waals surface area contributed by atoms with Crippen LogP contribution in [0.1, 0.15) is 32.6 Å². The minimum Gasteiger partial charge on any atom is -0.490 e. The van der Waals surface area contributed by atoms with Gasteiger partial charge in [0.25, 0.3) is 0 Å². The number of hydrogen-bond donors (Lipinski definition) is 0. The SMILES string of the molecule is CCC(=O)CCCC=CCOc1ccccc1. The van der Waals surface area contributed by atoms with Gasteiger partial charge in [0.05, 0.1) is 0 Å². The third kappa shape index (κ3) is 6.56. The number of ketones is 1. The number of para-hydroxylation sites is 1. The van der Waals surface area contributed by atoms with Crippen LogP contribution in [-0.2, 0) is 4.79 Å². The summed E-state index contributed by atoms with van der Waals surface area (Å²) in [6.07, 6.45) is 7.31. The van der Waals surface area contributed by atoms with E-state index in [1.807, 2.05) is 43.3 Å². The van der Waals surface area contributed by atoms with Crippen molar-refractivity contribution in [2.24, 2.45) is 0 Å². The van der Waals surface area contributed by atoms with Crippen LogP contribution >= 0.6 is 0 Å². The van der Waals surface area contributed by atoms with Gasteiger partial charge in [0.1, 0.15) is 18.1 Å². The molecule has 0 aliphatic carbocycles. The van der Waals surface area contributed by atoms with Crippen molar-refractivity contribution in [1.29, 1.82) is 0 Å². The van der Waals surface area contributed by atoms with Gasteiger partial charge < -0.3 is 4.74 Å². The van der Waals surface area contributed by atoms with E-state index < -0.39 is 0 Å². The molecule has 2 nitrogen and oxygen atoms in total. The molecular weight excluding hydrogens is 212 g/mol. The second-order valence-corrected chi connectivity index (χ2v) is 3.88. The van der Waals surface area contributed by atoms with Crippen LogP contribution in [0.25, 0.3) is 0 Å². The molecule has 17 heavy (non-hydrogen) atoms. The monoisotopic (exact) mass is 232 g/mol. The van der Waals surface area contributed by atoms with Gasteiger partial charge in [-0.05, 0) is 25.0 Å². The van der Waals surface area contributed by atoms with Gasteiger partial charge in [0, 0.05) is 12.8 Å². The van der Waals surface area contributed by atoms with E-state index in [0.717, 1.165) is 18.6 Å². The summed E-state index contributed by atoms with van der Waals surface area (Å²) in [5.41, 5.74) is 0. The third-order valence-corrected chi connectivity index (χ3v) is 2.48. The first kappa shape index (κ1) is 13.5. The van der Waals surface area contributed by atoms with Crippen molar-refractivity contribution in [2.45, 2.75) is 32.6 Å².